The van der Waals surface area contributed by atoms with Gasteiger partial charge in [0, 0.05) is 0 Å². The van der Waals surface area contributed by atoms with E-state index in [-0.39, 0.29) is 0 Å². The molecule has 0 rings (SSSR count). The van der Waals surface area contributed by atoms with Gasteiger partial charge in [-0.2, -0.15) is 0 Å². The van der Waals surface area contributed by atoms with Crippen molar-refractivity contribution in [3.8, 4) is 0 Å². The Morgan fingerprint density at radius 1 is 1.62 bits per heavy atom. The first-order valence-corrected chi connectivity index (χ1v) is 1.74. The fourth-order valence-electron chi connectivity index (χ4n) is 0.151. The Morgan fingerprint density at radius 2 is 2.12 bits per heavy atom. The monoisotopic (exact) mass is 115 g/mol. The predicted octanol–water partition coefficient (Wildman–Crippen LogP) is -2.35. The summed E-state index contributed by atoms with van der Waals surface area (Å²) in [5, 5.41) is 0. The maximum Gasteiger partial charge on any atom is 0.277 e. The van der Waals surface area contributed by atoms with Crippen LogP contribution in [0.4, 0.5) is 0 Å². The molecule has 0 aromatic rings. The molecule has 0 saturated heterocycles. The van der Waals surface area contributed by atoms with E-state index < -0.39 is 11.6 Å². The van der Waals surface area contributed by atoms with E-state index in [9.17, 15) is 9.59 Å². The highest BCUT2D eigenvalue weighted by atomic mass is 16.2. The summed E-state index contributed by atoms with van der Waals surface area (Å²) in [6.07, 6.45) is 0. The lowest BCUT2D eigenvalue weighted by Gasteiger charge is -1.90. The smallest absolute Gasteiger partial charge is 0.277 e. The summed E-state index contributed by atoms with van der Waals surface area (Å²) in [5.41, 5.74) is 5.89. The second kappa shape index (κ2) is 2.79. The normalized spacial score (nSPS) is 7.12. The van der Waals surface area contributed by atoms with Crippen LogP contribution >= 0.6 is 0 Å². The number of hydrogen-bond acceptors (Lipinski definition) is 4. The molecule has 44 valence electrons. The van der Waals surface area contributed by atoms with E-state index in [0.717, 1.165) is 0 Å². The van der Waals surface area contributed by atoms with Crippen molar-refractivity contribution in [1.82, 2.24) is 5.43 Å². The van der Waals surface area contributed by atoms with Crippen LogP contribution in [0, 0.1) is 0 Å². The highest BCUT2D eigenvalue weighted by Crippen LogP contribution is 1.70. The van der Waals surface area contributed by atoms with Crippen LogP contribution in [0.2, 0.25) is 0 Å². The van der Waals surface area contributed by atoms with E-state index in [2.05, 4.69) is 11.6 Å². The number of carbonyl (C=O) groups excluding carboxylic acids is 2. The standard InChI is InChI=1S/C3H5N3O2/c4-3(8)2(1-7)6-5/h6H,5H2,(H2,4,8). The molecule has 0 radical (unpaired) electrons. The Morgan fingerprint density at radius 3 is 2.12 bits per heavy atom. The van der Waals surface area contributed by atoms with Crippen molar-refractivity contribution in [3.05, 3.63) is 5.70 Å². The van der Waals surface area contributed by atoms with Crippen LogP contribution < -0.4 is 17.0 Å². The molecule has 0 heterocycles. The molecule has 0 aliphatic heterocycles. The molecule has 0 atom stereocenters. The maximum atomic E-state index is 9.94. The van der Waals surface area contributed by atoms with Crippen LogP contribution in [0.5, 0.6) is 0 Å². The highest BCUT2D eigenvalue weighted by molar-refractivity contribution is 5.98. The first kappa shape index (κ1) is 6.68. The summed E-state index contributed by atoms with van der Waals surface area (Å²) in [6.45, 7) is 0. The van der Waals surface area contributed by atoms with Gasteiger partial charge in [0.1, 0.15) is 0 Å². The number of primary amides is 1. The quantitative estimate of drug-likeness (QED) is 0.162. The summed E-state index contributed by atoms with van der Waals surface area (Å²) in [7, 11) is 0. The summed E-state index contributed by atoms with van der Waals surface area (Å²) in [5.74, 6) is 4.93. The van der Waals surface area contributed by atoms with Crippen LogP contribution in [-0.2, 0) is 9.59 Å². The Hall–Kier alpha value is -1.32. The van der Waals surface area contributed by atoms with Gasteiger partial charge >= 0.3 is 0 Å². The average Bonchev–Trinajstić information content (AvgIpc) is 1.69. The van der Waals surface area contributed by atoms with Gasteiger partial charge in [0.2, 0.25) is 0 Å². The second-order valence-corrected chi connectivity index (χ2v) is 0.986. The Bertz CT molecular complexity index is 147. The number of hydrazine groups is 1. The zero-order chi connectivity index (χ0) is 6.57. The lowest BCUT2D eigenvalue weighted by Crippen LogP contribution is -2.31. The van der Waals surface area contributed by atoms with Gasteiger partial charge in [0.25, 0.3) is 5.91 Å². The van der Waals surface area contributed by atoms with Crippen LogP contribution in [0.3, 0.4) is 0 Å². The molecule has 5 nitrogen and oxygen atoms in total. The van der Waals surface area contributed by atoms with Crippen molar-refractivity contribution in [2.45, 2.75) is 0 Å². The summed E-state index contributed by atoms with van der Waals surface area (Å²) in [6, 6.07) is 0. The molecule has 0 aromatic carbocycles. The zero-order valence-corrected chi connectivity index (χ0v) is 3.97. The number of nitrogens with one attached hydrogen (secondary N) is 1. The van der Waals surface area contributed by atoms with Crippen LogP contribution in [0.15, 0.2) is 5.70 Å². The molecule has 0 unspecified atom stereocenters. The van der Waals surface area contributed by atoms with Gasteiger partial charge in [-0.05, 0) is 0 Å². The lowest BCUT2D eigenvalue weighted by molar-refractivity contribution is -0.114. The van der Waals surface area contributed by atoms with E-state index in [1.54, 1.807) is 5.43 Å². The number of amides is 1. The van der Waals surface area contributed by atoms with Crippen molar-refractivity contribution < 1.29 is 9.59 Å². The third-order valence-corrected chi connectivity index (χ3v) is 0.493. The van der Waals surface area contributed by atoms with Crippen molar-refractivity contribution in [3.63, 3.8) is 0 Å². The van der Waals surface area contributed by atoms with E-state index in [1.807, 2.05) is 0 Å². The molecule has 0 aliphatic carbocycles. The Kier molecular flexibility index (Phi) is 2.33. The average molecular weight is 115 g/mol. The number of hydrogen-bond donors (Lipinski definition) is 3. The van der Waals surface area contributed by atoms with Crippen molar-refractivity contribution in [2.75, 3.05) is 0 Å². The lowest BCUT2D eigenvalue weighted by atomic mass is 10.5. The van der Waals surface area contributed by atoms with Crippen molar-refractivity contribution in [2.24, 2.45) is 11.6 Å². The molecule has 0 saturated carbocycles. The van der Waals surface area contributed by atoms with E-state index >= 15 is 0 Å². The predicted molar refractivity (Wildman–Crippen MR) is 25.7 cm³/mol. The number of carbonyl (C=O) groups is 1. The largest absolute Gasteiger partial charge is 0.364 e. The van der Waals surface area contributed by atoms with Gasteiger partial charge < -0.3 is 11.2 Å². The Balaban J connectivity index is 4.14. The highest BCUT2D eigenvalue weighted by Gasteiger charge is 1.99. The molecular weight excluding hydrogens is 110 g/mol. The molecule has 0 bridgehead atoms. The van der Waals surface area contributed by atoms with Crippen LogP contribution in [0.25, 0.3) is 0 Å². The zero-order valence-electron chi connectivity index (χ0n) is 3.97. The number of nitrogens with two attached hydrogens (primary N) is 2. The van der Waals surface area contributed by atoms with E-state index in [1.165, 1.54) is 5.94 Å². The fraction of sp³-hybridized carbons (Fsp3) is 0. The van der Waals surface area contributed by atoms with Gasteiger partial charge in [-0.1, -0.05) is 0 Å². The van der Waals surface area contributed by atoms with Crippen molar-refractivity contribution in [1.29, 1.82) is 0 Å². The first-order chi connectivity index (χ1) is 3.72. The first-order valence-electron chi connectivity index (χ1n) is 1.74. The van der Waals surface area contributed by atoms with Gasteiger partial charge in [-0.3, -0.25) is 4.79 Å². The van der Waals surface area contributed by atoms with Crippen molar-refractivity contribution >= 4 is 11.8 Å². The molecule has 0 aliphatic rings. The maximum absolute atomic E-state index is 9.94. The van der Waals surface area contributed by atoms with Gasteiger partial charge in [0.05, 0.1) is 0 Å². The second-order valence-electron chi connectivity index (χ2n) is 0.986. The molecule has 1 amide bonds. The minimum atomic E-state index is -0.914. The number of rotatable bonds is 2. The Labute approximate surface area is 45.3 Å². The third-order valence-electron chi connectivity index (χ3n) is 0.493. The molecule has 0 spiro atoms. The van der Waals surface area contributed by atoms with E-state index in [0.29, 0.717) is 0 Å². The van der Waals surface area contributed by atoms with Crippen LogP contribution in [0.1, 0.15) is 0 Å². The van der Waals surface area contributed by atoms with Crippen LogP contribution in [-0.4, -0.2) is 11.8 Å². The minimum absolute atomic E-state index is 0.454. The summed E-state index contributed by atoms with van der Waals surface area (Å²) < 4.78 is 0. The van der Waals surface area contributed by atoms with E-state index in [4.69, 9.17) is 0 Å². The summed E-state index contributed by atoms with van der Waals surface area (Å²) >= 11 is 0. The molecular formula is C3H5N3O2. The molecule has 8 heavy (non-hydrogen) atoms. The summed E-state index contributed by atoms with van der Waals surface area (Å²) in [4.78, 5) is 19.5. The molecule has 0 fully saturated rings. The topological polar surface area (TPSA) is 98.2 Å². The van der Waals surface area contributed by atoms with Gasteiger partial charge in [-0.15, -0.1) is 0 Å². The molecule has 0 aromatic heterocycles. The fourth-order valence-corrected chi connectivity index (χ4v) is 0.151. The SMILES string of the molecule is NNC(=C=O)C(N)=O. The third kappa shape index (κ3) is 1.42. The van der Waals surface area contributed by atoms with Gasteiger partial charge in [0.15, 0.2) is 11.6 Å². The molecule has 5 heteroatoms. The minimum Gasteiger partial charge on any atom is -0.364 e. The molecule has 5 N–H and O–H groups in total. The van der Waals surface area contributed by atoms with Gasteiger partial charge in [-0.25, -0.2) is 10.6 Å².